The zero-order chi connectivity index (χ0) is 14.0. The fourth-order valence-corrected chi connectivity index (χ4v) is 1.71. The van der Waals surface area contributed by atoms with Gasteiger partial charge in [-0.3, -0.25) is 4.79 Å². The molecule has 0 saturated carbocycles. The van der Waals surface area contributed by atoms with E-state index < -0.39 is 5.82 Å². The third-order valence-electron chi connectivity index (χ3n) is 3.02. The summed E-state index contributed by atoms with van der Waals surface area (Å²) in [7, 11) is 0. The van der Waals surface area contributed by atoms with Crippen LogP contribution in [0.5, 0.6) is 0 Å². The van der Waals surface area contributed by atoms with Gasteiger partial charge in [0.2, 0.25) is 0 Å². The van der Waals surface area contributed by atoms with E-state index >= 15 is 0 Å². The normalized spacial score (nSPS) is 10.3. The average molecular weight is 258 g/mol. The Morgan fingerprint density at radius 3 is 2.47 bits per heavy atom. The van der Waals surface area contributed by atoms with Gasteiger partial charge in [0.15, 0.2) is 0 Å². The van der Waals surface area contributed by atoms with Crippen molar-refractivity contribution in [2.75, 3.05) is 11.1 Å². The second-order valence-corrected chi connectivity index (χ2v) is 4.49. The molecule has 2 aromatic carbocycles. The number of carbonyl (C=O) groups is 1. The molecule has 0 unspecified atom stereocenters. The van der Waals surface area contributed by atoms with Crippen LogP contribution in [0.2, 0.25) is 0 Å². The first-order chi connectivity index (χ1) is 8.97. The van der Waals surface area contributed by atoms with E-state index in [0.717, 1.165) is 11.1 Å². The molecule has 0 bridgehead atoms. The molecule has 0 spiro atoms. The van der Waals surface area contributed by atoms with Crippen LogP contribution in [0.4, 0.5) is 15.8 Å². The molecule has 0 heterocycles. The fraction of sp³-hybridized carbons (Fsp3) is 0.133. The third-order valence-corrected chi connectivity index (χ3v) is 3.02. The van der Waals surface area contributed by atoms with Gasteiger partial charge in [0, 0.05) is 11.3 Å². The zero-order valence-corrected chi connectivity index (χ0v) is 10.8. The molecule has 2 rings (SSSR count). The van der Waals surface area contributed by atoms with Crippen molar-refractivity contribution in [1.29, 1.82) is 0 Å². The van der Waals surface area contributed by atoms with Gasteiger partial charge in [0.05, 0.1) is 5.69 Å². The van der Waals surface area contributed by atoms with Crippen LogP contribution in [-0.2, 0) is 0 Å². The number of carbonyl (C=O) groups excluding carboxylic acids is 1. The van der Waals surface area contributed by atoms with Gasteiger partial charge in [0.25, 0.3) is 5.91 Å². The maximum absolute atomic E-state index is 13.0. The number of hydrogen-bond acceptors (Lipinski definition) is 2. The fourth-order valence-electron chi connectivity index (χ4n) is 1.71. The monoisotopic (exact) mass is 258 g/mol. The number of nitrogens with one attached hydrogen (secondary N) is 1. The standard InChI is InChI=1S/C15H15FN2O/c1-9-3-5-12(7-10(9)2)18-15(19)11-4-6-13(16)14(17)8-11/h3-8H,17H2,1-2H3,(H,18,19). The Hall–Kier alpha value is -2.36. The van der Waals surface area contributed by atoms with E-state index in [1.54, 1.807) is 0 Å². The van der Waals surface area contributed by atoms with Crippen LogP contribution in [0.3, 0.4) is 0 Å². The van der Waals surface area contributed by atoms with E-state index in [9.17, 15) is 9.18 Å². The predicted molar refractivity (Wildman–Crippen MR) is 74.7 cm³/mol. The summed E-state index contributed by atoms with van der Waals surface area (Å²) >= 11 is 0. The molecule has 0 saturated heterocycles. The lowest BCUT2D eigenvalue weighted by molar-refractivity contribution is 0.102. The molecule has 0 aliphatic rings. The molecule has 3 nitrogen and oxygen atoms in total. The Balaban J connectivity index is 2.20. The molecule has 0 fully saturated rings. The van der Waals surface area contributed by atoms with Crippen molar-refractivity contribution in [1.82, 2.24) is 0 Å². The molecule has 4 heteroatoms. The summed E-state index contributed by atoms with van der Waals surface area (Å²) in [5, 5.41) is 2.76. The maximum Gasteiger partial charge on any atom is 0.255 e. The molecule has 19 heavy (non-hydrogen) atoms. The topological polar surface area (TPSA) is 55.1 Å². The van der Waals surface area contributed by atoms with Crippen molar-refractivity contribution in [2.45, 2.75) is 13.8 Å². The summed E-state index contributed by atoms with van der Waals surface area (Å²) < 4.78 is 13.0. The minimum atomic E-state index is -0.525. The van der Waals surface area contributed by atoms with E-state index in [1.807, 2.05) is 32.0 Å². The lowest BCUT2D eigenvalue weighted by Crippen LogP contribution is -2.12. The summed E-state index contributed by atoms with van der Waals surface area (Å²) in [5.41, 5.74) is 8.69. The van der Waals surface area contributed by atoms with Crippen molar-refractivity contribution in [3.05, 3.63) is 58.9 Å². The highest BCUT2D eigenvalue weighted by Gasteiger charge is 2.08. The number of hydrogen-bond donors (Lipinski definition) is 2. The van der Waals surface area contributed by atoms with E-state index in [2.05, 4.69) is 5.32 Å². The first-order valence-electron chi connectivity index (χ1n) is 5.91. The quantitative estimate of drug-likeness (QED) is 0.812. The Kier molecular flexibility index (Phi) is 3.51. The third kappa shape index (κ3) is 2.91. The molecule has 0 aromatic heterocycles. The summed E-state index contributed by atoms with van der Waals surface area (Å²) in [6.45, 7) is 3.97. The van der Waals surface area contributed by atoms with Gasteiger partial charge in [-0.25, -0.2) is 4.39 Å². The van der Waals surface area contributed by atoms with Gasteiger partial charge in [-0.2, -0.15) is 0 Å². The van der Waals surface area contributed by atoms with Crippen LogP contribution in [0.1, 0.15) is 21.5 Å². The van der Waals surface area contributed by atoms with Crippen molar-refractivity contribution >= 4 is 17.3 Å². The molecule has 0 aliphatic heterocycles. The molecule has 0 atom stereocenters. The molecule has 2 aromatic rings. The van der Waals surface area contributed by atoms with Crippen LogP contribution < -0.4 is 11.1 Å². The number of nitrogen functional groups attached to an aromatic ring is 1. The second kappa shape index (κ2) is 5.10. The highest BCUT2D eigenvalue weighted by Crippen LogP contribution is 2.17. The van der Waals surface area contributed by atoms with Crippen molar-refractivity contribution in [3.8, 4) is 0 Å². The van der Waals surface area contributed by atoms with Gasteiger partial charge in [-0.05, 0) is 55.3 Å². The SMILES string of the molecule is Cc1ccc(NC(=O)c2ccc(F)c(N)c2)cc1C. The Labute approximate surface area is 111 Å². The Bertz CT molecular complexity index is 638. The van der Waals surface area contributed by atoms with Crippen LogP contribution in [-0.4, -0.2) is 5.91 Å². The van der Waals surface area contributed by atoms with E-state index in [0.29, 0.717) is 11.3 Å². The molecule has 0 aliphatic carbocycles. The predicted octanol–water partition coefficient (Wildman–Crippen LogP) is 3.28. The number of nitrogens with two attached hydrogens (primary N) is 1. The first-order valence-corrected chi connectivity index (χ1v) is 5.91. The summed E-state index contributed by atoms with van der Waals surface area (Å²) in [6.07, 6.45) is 0. The smallest absolute Gasteiger partial charge is 0.255 e. The number of rotatable bonds is 2. The molecule has 98 valence electrons. The average Bonchev–Trinajstić information content (AvgIpc) is 2.37. The number of anilines is 2. The van der Waals surface area contributed by atoms with Gasteiger partial charge in [-0.1, -0.05) is 6.07 Å². The summed E-state index contributed by atoms with van der Waals surface area (Å²) in [4.78, 5) is 12.0. The zero-order valence-electron chi connectivity index (χ0n) is 10.8. The van der Waals surface area contributed by atoms with Crippen LogP contribution >= 0.6 is 0 Å². The van der Waals surface area contributed by atoms with E-state index in [4.69, 9.17) is 5.73 Å². The van der Waals surface area contributed by atoms with Crippen molar-refractivity contribution in [3.63, 3.8) is 0 Å². The number of halogens is 1. The Morgan fingerprint density at radius 1 is 1.11 bits per heavy atom. The maximum atomic E-state index is 13.0. The molecular formula is C15H15FN2O. The van der Waals surface area contributed by atoms with Gasteiger partial charge < -0.3 is 11.1 Å². The molecule has 1 amide bonds. The van der Waals surface area contributed by atoms with Crippen molar-refractivity contribution < 1.29 is 9.18 Å². The largest absolute Gasteiger partial charge is 0.396 e. The lowest BCUT2D eigenvalue weighted by Gasteiger charge is -2.08. The lowest BCUT2D eigenvalue weighted by atomic mass is 10.1. The number of benzene rings is 2. The molecular weight excluding hydrogens is 243 g/mol. The van der Waals surface area contributed by atoms with Crippen molar-refractivity contribution in [2.24, 2.45) is 0 Å². The van der Waals surface area contributed by atoms with Gasteiger partial charge in [-0.15, -0.1) is 0 Å². The first kappa shape index (κ1) is 13.1. The summed E-state index contributed by atoms with van der Waals surface area (Å²) in [5.74, 6) is -0.835. The van der Waals surface area contributed by atoms with Crippen LogP contribution in [0.15, 0.2) is 36.4 Å². The van der Waals surface area contributed by atoms with E-state index in [1.165, 1.54) is 18.2 Å². The van der Waals surface area contributed by atoms with Gasteiger partial charge >= 0.3 is 0 Å². The highest BCUT2D eigenvalue weighted by atomic mass is 19.1. The summed E-state index contributed by atoms with van der Waals surface area (Å²) in [6, 6.07) is 9.57. The molecule has 0 radical (unpaired) electrons. The van der Waals surface area contributed by atoms with Gasteiger partial charge in [0.1, 0.15) is 5.82 Å². The van der Waals surface area contributed by atoms with E-state index in [-0.39, 0.29) is 11.6 Å². The minimum absolute atomic E-state index is 0.0345. The minimum Gasteiger partial charge on any atom is -0.396 e. The van der Waals surface area contributed by atoms with Crippen LogP contribution in [0, 0.1) is 19.7 Å². The second-order valence-electron chi connectivity index (χ2n) is 4.49. The highest BCUT2D eigenvalue weighted by molar-refractivity contribution is 6.04. The molecule has 3 N–H and O–H groups in total. The Morgan fingerprint density at radius 2 is 1.84 bits per heavy atom. The number of amides is 1. The van der Waals surface area contributed by atoms with Crippen LogP contribution in [0.25, 0.3) is 0 Å². The number of aryl methyl sites for hydroxylation is 2.